The van der Waals surface area contributed by atoms with Gasteiger partial charge in [0.1, 0.15) is 0 Å². The van der Waals surface area contributed by atoms with Crippen molar-refractivity contribution in [3.63, 3.8) is 0 Å². The number of nitrogens with zero attached hydrogens (tertiary/aromatic N) is 3. The molecule has 4 rings (SSSR count). The normalized spacial score (nSPS) is 15.5. The van der Waals surface area contributed by atoms with Crippen LogP contribution in [0.25, 0.3) is 0 Å². The molecule has 0 fully saturated rings. The lowest BCUT2D eigenvalue weighted by atomic mass is 10.2. The van der Waals surface area contributed by atoms with Crippen molar-refractivity contribution in [2.75, 3.05) is 0 Å². The molecule has 0 unspecified atom stereocenters. The maximum atomic E-state index is 4.58. The van der Waals surface area contributed by atoms with E-state index in [1.807, 2.05) is 30.3 Å². The summed E-state index contributed by atoms with van der Waals surface area (Å²) in [6, 6.07) is 18.4. The minimum atomic E-state index is 0.785. The zero-order chi connectivity index (χ0) is 14.8. The van der Waals surface area contributed by atoms with Crippen molar-refractivity contribution in [1.29, 1.82) is 0 Å². The molecule has 0 spiro atoms. The molecule has 0 saturated carbocycles. The zero-order valence-electron chi connectivity index (χ0n) is 12.1. The first-order valence-electron chi connectivity index (χ1n) is 7.31. The Morgan fingerprint density at radius 3 is 1.95 bits per heavy atom. The molecule has 2 aromatic carbocycles. The Labute approximate surface area is 129 Å². The highest BCUT2D eigenvalue weighted by Gasteiger charge is 2.09. The van der Waals surface area contributed by atoms with Crippen molar-refractivity contribution >= 4 is 0 Å². The van der Waals surface area contributed by atoms with Gasteiger partial charge in [0.05, 0.1) is 10.7 Å². The van der Waals surface area contributed by atoms with Crippen LogP contribution in [0.15, 0.2) is 101 Å². The van der Waals surface area contributed by atoms with Crippen molar-refractivity contribution in [3.05, 3.63) is 107 Å². The molecule has 0 radical (unpaired) electrons. The molecule has 106 valence electrons. The molecule has 0 aromatic heterocycles. The van der Waals surface area contributed by atoms with Crippen molar-refractivity contribution in [1.82, 2.24) is 4.90 Å². The molecule has 0 saturated heterocycles. The molecule has 0 aliphatic carbocycles. The van der Waals surface area contributed by atoms with Gasteiger partial charge in [-0.25, -0.2) is 9.98 Å². The molecule has 0 amide bonds. The molecule has 2 aliphatic heterocycles. The predicted molar refractivity (Wildman–Crippen MR) is 86.0 cm³/mol. The molecule has 2 heterocycles. The van der Waals surface area contributed by atoms with Crippen molar-refractivity contribution in [3.8, 4) is 0 Å². The standard InChI is InChI=1S/C19H15N3/c1-2-6-15(7-3-1)14-22-12-10-16(11-13-22)19-20-17-8-4-5-9-18(17)21-19/h1-13H,14H2. The number of para-hydroxylation sites is 2. The molecular weight excluding hydrogens is 270 g/mol. The summed E-state index contributed by atoms with van der Waals surface area (Å²) < 4.78 is 0. The maximum absolute atomic E-state index is 4.58. The Kier molecular flexibility index (Phi) is 3.16. The lowest BCUT2D eigenvalue weighted by Gasteiger charge is -2.18. The highest BCUT2D eigenvalue weighted by atomic mass is 15.1. The van der Waals surface area contributed by atoms with E-state index in [1.165, 1.54) is 5.56 Å². The van der Waals surface area contributed by atoms with Gasteiger partial charge in [-0.05, 0) is 29.8 Å². The summed E-state index contributed by atoms with van der Waals surface area (Å²) in [4.78, 5) is 11.3. The van der Waals surface area contributed by atoms with Crippen LogP contribution >= 0.6 is 0 Å². The van der Waals surface area contributed by atoms with Crippen LogP contribution in [0, 0.1) is 0 Å². The smallest absolute Gasteiger partial charge is 0.160 e. The van der Waals surface area contributed by atoms with Crippen LogP contribution in [0.5, 0.6) is 0 Å². The van der Waals surface area contributed by atoms with Gasteiger partial charge in [0, 0.05) is 24.5 Å². The van der Waals surface area contributed by atoms with E-state index < -0.39 is 0 Å². The second-order valence-electron chi connectivity index (χ2n) is 5.28. The van der Waals surface area contributed by atoms with Gasteiger partial charge < -0.3 is 4.90 Å². The van der Waals surface area contributed by atoms with Crippen LogP contribution in [-0.2, 0) is 6.54 Å². The summed E-state index contributed by atoms with van der Waals surface area (Å²) in [6.07, 6.45) is 8.28. The summed E-state index contributed by atoms with van der Waals surface area (Å²) in [5.41, 5.74) is 2.33. The third-order valence-electron chi connectivity index (χ3n) is 3.69. The second kappa shape index (κ2) is 5.45. The Bertz CT molecular complexity index is 852. The second-order valence-corrected chi connectivity index (χ2v) is 5.28. The van der Waals surface area contributed by atoms with E-state index in [0.29, 0.717) is 0 Å². The van der Waals surface area contributed by atoms with Crippen LogP contribution in [-0.4, -0.2) is 4.90 Å². The highest BCUT2D eigenvalue weighted by molar-refractivity contribution is 5.38. The summed E-state index contributed by atoms with van der Waals surface area (Å²) in [5, 5.41) is 1.89. The molecule has 2 aromatic rings. The van der Waals surface area contributed by atoms with E-state index in [2.05, 4.69) is 63.7 Å². The predicted octanol–water partition coefficient (Wildman–Crippen LogP) is 2.69. The topological polar surface area (TPSA) is 28.0 Å². The van der Waals surface area contributed by atoms with Gasteiger partial charge in [-0.1, -0.05) is 42.5 Å². The first-order chi connectivity index (χ1) is 10.9. The van der Waals surface area contributed by atoms with E-state index in [1.54, 1.807) is 0 Å². The Morgan fingerprint density at radius 1 is 0.727 bits per heavy atom. The first-order valence-corrected chi connectivity index (χ1v) is 7.31. The van der Waals surface area contributed by atoms with Crippen molar-refractivity contribution in [2.24, 2.45) is 9.98 Å². The third kappa shape index (κ3) is 2.49. The minimum Gasteiger partial charge on any atom is -0.350 e. The van der Waals surface area contributed by atoms with Crippen LogP contribution in [0.2, 0.25) is 0 Å². The van der Waals surface area contributed by atoms with Gasteiger partial charge >= 0.3 is 0 Å². The van der Waals surface area contributed by atoms with Gasteiger partial charge in [-0.15, -0.1) is 0 Å². The largest absolute Gasteiger partial charge is 0.350 e. The molecule has 0 atom stereocenters. The summed E-state index contributed by atoms with van der Waals surface area (Å²) in [6.45, 7) is 0.866. The Hall–Kier alpha value is -2.94. The molecule has 22 heavy (non-hydrogen) atoms. The monoisotopic (exact) mass is 285 g/mol. The van der Waals surface area contributed by atoms with E-state index >= 15 is 0 Å². The number of hydrogen-bond acceptors (Lipinski definition) is 3. The highest BCUT2D eigenvalue weighted by Crippen LogP contribution is 2.18. The quantitative estimate of drug-likeness (QED) is 0.833. The fourth-order valence-electron chi connectivity index (χ4n) is 2.54. The molecule has 2 aliphatic rings. The van der Waals surface area contributed by atoms with E-state index in [9.17, 15) is 0 Å². The number of allylic oxidation sites excluding steroid dienone is 3. The number of rotatable bonds is 2. The van der Waals surface area contributed by atoms with E-state index in [-0.39, 0.29) is 0 Å². The van der Waals surface area contributed by atoms with Crippen molar-refractivity contribution in [2.45, 2.75) is 6.54 Å². The van der Waals surface area contributed by atoms with Crippen LogP contribution in [0.1, 0.15) is 5.56 Å². The fourth-order valence-corrected chi connectivity index (χ4v) is 2.54. The Morgan fingerprint density at radius 2 is 1.32 bits per heavy atom. The van der Waals surface area contributed by atoms with Crippen LogP contribution in [0.3, 0.4) is 0 Å². The van der Waals surface area contributed by atoms with Gasteiger partial charge in [-0.2, -0.15) is 0 Å². The maximum Gasteiger partial charge on any atom is 0.160 e. The van der Waals surface area contributed by atoms with Gasteiger partial charge in [0.15, 0.2) is 5.82 Å². The third-order valence-corrected chi connectivity index (χ3v) is 3.69. The van der Waals surface area contributed by atoms with Crippen molar-refractivity contribution < 1.29 is 0 Å². The minimum absolute atomic E-state index is 0.785. The lowest BCUT2D eigenvalue weighted by Crippen LogP contribution is -2.19. The zero-order valence-corrected chi connectivity index (χ0v) is 12.1. The van der Waals surface area contributed by atoms with E-state index in [0.717, 1.165) is 28.7 Å². The first kappa shape index (κ1) is 12.8. The molecule has 3 nitrogen and oxygen atoms in total. The average molecular weight is 285 g/mol. The summed E-state index contributed by atoms with van der Waals surface area (Å²) >= 11 is 0. The van der Waals surface area contributed by atoms with Gasteiger partial charge in [-0.3, -0.25) is 0 Å². The molecule has 0 bridgehead atoms. The van der Waals surface area contributed by atoms with Gasteiger partial charge in [0.2, 0.25) is 0 Å². The summed E-state index contributed by atoms with van der Waals surface area (Å²) in [5.74, 6) is 0.785. The Balaban J connectivity index is 1.57. The molecule has 3 heteroatoms. The van der Waals surface area contributed by atoms with Gasteiger partial charge in [0.25, 0.3) is 0 Å². The lowest BCUT2D eigenvalue weighted by molar-refractivity contribution is 0.497. The molecule has 0 N–H and O–H groups in total. The van der Waals surface area contributed by atoms with Crippen LogP contribution < -0.4 is 10.7 Å². The number of benzene rings is 2. The summed E-state index contributed by atoms with van der Waals surface area (Å²) in [7, 11) is 0. The van der Waals surface area contributed by atoms with Crippen LogP contribution in [0.4, 0.5) is 0 Å². The average Bonchev–Trinajstić information content (AvgIpc) is 3.00. The number of hydrogen-bond donors (Lipinski definition) is 0. The SMILES string of the molecule is C1=CN(Cc2ccccc2)C=CC1=C1N=c2ccccc2=N1. The van der Waals surface area contributed by atoms with E-state index in [4.69, 9.17) is 0 Å². The number of fused-ring (bicyclic) bond motifs is 1. The molecular formula is C19H15N3. The fraction of sp³-hybridized carbons (Fsp3) is 0.0526.